The molecule has 0 amide bonds. The number of hydrogen-bond acceptors (Lipinski definition) is 4. The van der Waals surface area contributed by atoms with E-state index in [-0.39, 0.29) is 20.1 Å². The fourth-order valence-corrected chi connectivity index (χ4v) is 6.69. The van der Waals surface area contributed by atoms with Crippen LogP contribution in [0.2, 0.25) is 0 Å². The van der Waals surface area contributed by atoms with E-state index in [0.717, 1.165) is 67.0 Å². The summed E-state index contributed by atoms with van der Waals surface area (Å²) in [6.45, 7) is 17.2. The number of rotatable bonds is 5. The molecule has 5 nitrogen and oxygen atoms in total. The smallest absolute Gasteiger partial charge is 0.120 e. The molecule has 0 aliphatic rings. The number of furan rings is 1. The van der Waals surface area contributed by atoms with Crippen molar-refractivity contribution in [2.75, 3.05) is 0 Å². The molecule has 0 atom stereocenters. The zero-order valence-corrected chi connectivity index (χ0v) is 32.8. The minimum atomic E-state index is 0. The van der Waals surface area contributed by atoms with Crippen LogP contribution >= 0.6 is 0 Å². The first-order chi connectivity index (χ1) is 24.1. The number of fused-ring (bicyclic) bond motifs is 4. The van der Waals surface area contributed by atoms with Crippen molar-refractivity contribution in [3.05, 3.63) is 143 Å². The summed E-state index contributed by atoms with van der Waals surface area (Å²) >= 11 is 0. The third kappa shape index (κ3) is 6.91. The Kier molecular flexibility index (Phi) is 10.4. The zero-order valence-electron chi connectivity index (χ0n) is 30.4. The van der Waals surface area contributed by atoms with Gasteiger partial charge in [0.25, 0.3) is 0 Å². The fourth-order valence-electron chi connectivity index (χ4n) is 6.69. The summed E-state index contributed by atoms with van der Waals surface area (Å²) in [5.41, 5.74) is 14.7. The molecule has 1 radical (unpaired) electrons. The summed E-state index contributed by atoms with van der Waals surface area (Å²) in [7, 11) is 0. The SMILES string of the molecule is Cc1c[c-]c(-c2ccc(C)cn2)cc1.Cc1cc2c(nc(-c3[c-]ccc4c3oc3ccccc34)n2-c2c(C(C)C)cccc2C(C)C)c(C)n1.[Ir]. The van der Waals surface area contributed by atoms with Gasteiger partial charge >= 0.3 is 0 Å². The Balaban J connectivity index is 0.000000251. The molecule has 0 aliphatic carbocycles. The minimum Gasteiger partial charge on any atom is -0.501 e. The molecule has 0 N–H and O–H groups in total. The standard InChI is InChI=1S/C32H30N3O.C13H12N.Ir/c1-18(2)22-12-9-13-23(19(3)4)30(22)35-27-17-20(5)33-21(6)29(27)34-32(35)26-15-10-14-25-24-11-7-8-16-28(24)36-31(25)26;1-10-3-6-12(7-4-10)13-8-5-11(2)9-14-13;/h7-14,16-19H,1-6H3;3-6,8-9H,1-2H3;/q2*-1;. The minimum absolute atomic E-state index is 0. The van der Waals surface area contributed by atoms with E-state index in [1.54, 1.807) is 0 Å². The van der Waals surface area contributed by atoms with Crippen molar-refractivity contribution in [1.29, 1.82) is 0 Å². The number of nitrogens with zero attached hydrogens (tertiary/aromatic N) is 4. The molecule has 0 spiro atoms. The number of aryl methyl sites for hydroxylation is 4. The van der Waals surface area contributed by atoms with Crippen LogP contribution in [0.1, 0.15) is 73.2 Å². The molecule has 0 saturated carbocycles. The summed E-state index contributed by atoms with van der Waals surface area (Å²) in [5, 5.41) is 2.18. The van der Waals surface area contributed by atoms with Crippen LogP contribution in [0.5, 0.6) is 0 Å². The van der Waals surface area contributed by atoms with E-state index in [9.17, 15) is 0 Å². The summed E-state index contributed by atoms with van der Waals surface area (Å²) in [5.74, 6) is 1.53. The molecule has 0 saturated heterocycles. The van der Waals surface area contributed by atoms with E-state index in [1.807, 2.05) is 63.4 Å². The van der Waals surface area contributed by atoms with Crippen molar-refractivity contribution in [2.45, 2.75) is 67.2 Å². The average molecular weight is 847 g/mol. The van der Waals surface area contributed by atoms with E-state index in [0.29, 0.717) is 11.8 Å². The third-order valence-electron chi connectivity index (χ3n) is 9.23. The quantitative estimate of drug-likeness (QED) is 0.162. The summed E-state index contributed by atoms with van der Waals surface area (Å²) in [6.07, 6.45) is 1.88. The zero-order chi connectivity index (χ0) is 35.1. The van der Waals surface area contributed by atoms with Gasteiger partial charge in [0.15, 0.2) is 0 Å². The van der Waals surface area contributed by atoms with Gasteiger partial charge in [-0.2, -0.15) is 0 Å². The molecule has 4 aromatic carbocycles. The van der Waals surface area contributed by atoms with Crippen molar-refractivity contribution in [3.63, 3.8) is 0 Å². The van der Waals surface area contributed by atoms with Gasteiger partial charge < -0.3 is 14.0 Å². The number of imidazole rings is 1. The molecular formula is C45H42IrN4O-2. The molecule has 6 heteroatoms. The van der Waals surface area contributed by atoms with Gasteiger partial charge in [0.05, 0.1) is 28.1 Å². The number of pyridine rings is 2. The Morgan fingerprint density at radius 1 is 0.725 bits per heavy atom. The van der Waals surface area contributed by atoms with Crippen molar-refractivity contribution < 1.29 is 24.5 Å². The monoisotopic (exact) mass is 847 g/mol. The van der Waals surface area contributed by atoms with Crippen LogP contribution in [-0.4, -0.2) is 19.5 Å². The predicted octanol–water partition coefficient (Wildman–Crippen LogP) is 11.8. The van der Waals surface area contributed by atoms with E-state index < -0.39 is 0 Å². The van der Waals surface area contributed by atoms with E-state index in [4.69, 9.17) is 14.4 Å². The molecule has 0 aliphatic heterocycles. The van der Waals surface area contributed by atoms with Crippen LogP contribution in [0, 0.1) is 39.8 Å². The molecule has 0 bridgehead atoms. The second kappa shape index (κ2) is 14.8. The van der Waals surface area contributed by atoms with Crippen molar-refractivity contribution in [3.8, 4) is 28.3 Å². The van der Waals surface area contributed by atoms with Crippen molar-refractivity contribution in [1.82, 2.24) is 19.5 Å². The van der Waals surface area contributed by atoms with Gasteiger partial charge in [0.2, 0.25) is 0 Å². The Labute approximate surface area is 314 Å². The number of aromatic nitrogens is 4. The fraction of sp³-hybridized carbons (Fsp3) is 0.222. The maximum absolute atomic E-state index is 6.43. The molecule has 0 fully saturated rings. The van der Waals surface area contributed by atoms with Gasteiger partial charge in [0, 0.05) is 43.1 Å². The number of para-hydroxylation sites is 2. The molecular weight excluding hydrogens is 805 g/mol. The van der Waals surface area contributed by atoms with E-state index in [1.165, 1.54) is 27.9 Å². The Hall–Kier alpha value is -4.90. The Bertz CT molecular complexity index is 2400. The van der Waals surface area contributed by atoms with Gasteiger partial charge in [-0.1, -0.05) is 94.1 Å². The Morgan fingerprint density at radius 3 is 2.12 bits per heavy atom. The van der Waals surface area contributed by atoms with Crippen molar-refractivity contribution >= 4 is 33.0 Å². The molecule has 4 heterocycles. The van der Waals surface area contributed by atoms with Crippen molar-refractivity contribution in [2.24, 2.45) is 0 Å². The Morgan fingerprint density at radius 2 is 1.45 bits per heavy atom. The predicted molar refractivity (Wildman–Crippen MR) is 206 cm³/mol. The summed E-state index contributed by atoms with van der Waals surface area (Å²) < 4.78 is 8.77. The van der Waals surface area contributed by atoms with Gasteiger partial charge in [0.1, 0.15) is 5.58 Å². The van der Waals surface area contributed by atoms with Crippen LogP contribution in [-0.2, 0) is 20.1 Å². The first-order valence-electron chi connectivity index (χ1n) is 17.3. The maximum Gasteiger partial charge on any atom is 0.120 e. The first kappa shape index (κ1) is 35.9. The average Bonchev–Trinajstić information content (AvgIpc) is 3.68. The molecule has 4 aromatic heterocycles. The van der Waals surface area contributed by atoms with Crippen LogP contribution in [0.15, 0.2) is 102 Å². The molecule has 51 heavy (non-hydrogen) atoms. The topological polar surface area (TPSA) is 56.7 Å². The number of benzene rings is 4. The largest absolute Gasteiger partial charge is 0.501 e. The van der Waals surface area contributed by atoms with Gasteiger partial charge in [-0.05, 0) is 67.1 Å². The second-order valence-electron chi connectivity index (χ2n) is 13.8. The molecule has 8 rings (SSSR count). The maximum atomic E-state index is 6.43. The van der Waals surface area contributed by atoms with E-state index >= 15 is 0 Å². The molecule has 8 aromatic rings. The van der Waals surface area contributed by atoms with E-state index in [2.05, 4.69) is 111 Å². The van der Waals surface area contributed by atoms with Gasteiger partial charge in [-0.25, -0.2) is 0 Å². The van der Waals surface area contributed by atoms with Crippen LogP contribution in [0.4, 0.5) is 0 Å². The second-order valence-corrected chi connectivity index (χ2v) is 13.8. The van der Waals surface area contributed by atoms with Crippen LogP contribution in [0.25, 0.3) is 61.3 Å². The van der Waals surface area contributed by atoms with Gasteiger partial charge in [-0.15, -0.1) is 53.6 Å². The third-order valence-corrected chi connectivity index (χ3v) is 9.23. The summed E-state index contributed by atoms with van der Waals surface area (Å²) in [4.78, 5) is 14.3. The number of hydrogen-bond donors (Lipinski definition) is 0. The normalized spacial score (nSPS) is 11.3. The van der Waals surface area contributed by atoms with Crippen LogP contribution in [0.3, 0.4) is 0 Å². The molecule has 0 unspecified atom stereocenters. The molecule has 259 valence electrons. The van der Waals surface area contributed by atoms with Crippen LogP contribution < -0.4 is 0 Å². The summed E-state index contributed by atoms with van der Waals surface area (Å²) in [6, 6.07) is 38.0. The van der Waals surface area contributed by atoms with Gasteiger partial charge in [-0.3, -0.25) is 9.97 Å². The first-order valence-corrected chi connectivity index (χ1v) is 17.3.